The minimum absolute atomic E-state index is 0.0383. The highest BCUT2D eigenvalue weighted by Crippen LogP contribution is 2.05. The number of thiophene rings is 1. The molecule has 0 amide bonds. The van der Waals surface area contributed by atoms with Gasteiger partial charge < -0.3 is 5.32 Å². The molecule has 1 unspecified atom stereocenters. The molecule has 1 rings (SSSR count). The van der Waals surface area contributed by atoms with Crippen molar-refractivity contribution in [2.45, 2.75) is 19.4 Å². The molecule has 3 heteroatoms. The summed E-state index contributed by atoms with van der Waals surface area (Å²) >= 11 is 1.71. The molecule has 0 saturated heterocycles. The molecule has 0 aromatic carbocycles. The molecule has 0 spiro atoms. The average molecular weight is 180 g/mol. The van der Waals surface area contributed by atoms with Gasteiger partial charge in [-0.15, -0.1) is 0 Å². The first kappa shape index (κ1) is 9.24. The van der Waals surface area contributed by atoms with E-state index < -0.39 is 0 Å². The molecule has 2 nitrogen and oxygen atoms in total. The Labute approximate surface area is 76.8 Å². The molecule has 0 radical (unpaired) electrons. The standard InChI is InChI=1S/C9H12N2S/c1-8(6-10)11-4-2-9-3-5-12-7-9/h3,5,7-8,11H,2,4H2,1H3. The van der Waals surface area contributed by atoms with Crippen LogP contribution in [-0.2, 0) is 6.42 Å². The molecular formula is C9H12N2S. The SMILES string of the molecule is CC(C#N)NCCc1ccsc1. The van der Waals surface area contributed by atoms with Crippen molar-refractivity contribution in [3.8, 4) is 6.07 Å². The number of hydrogen-bond acceptors (Lipinski definition) is 3. The second-order valence-electron chi connectivity index (χ2n) is 2.69. The Morgan fingerprint density at radius 3 is 3.17 bits per heavy atom. The van der Waals surface area contributed by atoms with E-state index in [4.69, 9.17) is 5.26 Å². The molecule has 0 aliphatic rings. The van der Waals surface area contributed by atoms with Crippen molar-refractivity contribution < 1.29 is 0 Å². The molecule has 1 N–H and O–H groups in total. The summed E-state index contributed by atoms with van der Waals surface area (Å²) in [5.41, 5.74) is 1.35. The van der Waals surface area contributed by atoms with Crippen LogP contribution in [-0.4, -0.2) is 12.6 Å². The van der Waals surface area contributed by atoms with Crippen LogP contribution in [0.1, 0.15) is 12.5 Å². The zero-order valence-electron chi connectivity index (χ0n) is 7.08. The zero-order valence-corrected chi connectivity index (χ0v) is 7.90. The zero-order chi connectivity index (χ0) is 8.81. The van der Waals surface area contributed by atoms with Gasteiger partial charge in [0, 0.05) is 6.54 Å². The minimum atomic E-state index is -0.0383. The monoisotopic (exact) mass is 180 g/mol. The number of hydrogen-bond donors (Lipinski definition) is 1. The summed E-state index contributed by atoms with van der Waals surface area (Å²) in [6.45, 7) is 2.75. The summed E-state index contributed by atoms with van der Waals surface area (Å²) in [5.74, 6) is 0. The lowest BCUT2D eigenvalue weighted by molar-refractivity contribution is 0.641. The van der Waals surface area contributed by atoms with Gasteiger partial charge in [-0.3, -0.25) is 0 Å². The fraction of sp³-hybridized carbons (Fsp3) is 0.444. The Hall–Kier alpha value is -0.850. The Morgan fingerprint density at radius 1 is 1.75 bits per heavy atom. The van der Waals surface area contributed by atoms with Crippen molar-refractivity contribution >= 4 is 11.3 Å². The number of nitriles is 1. The maximum atomic E-state index is 8.48. The molecular weight excluding hydrogens is 168 g/mol. The van der Waals surface area contributed by atoms with E-state index in [1.165, 1.54) is 5.56 Å². The van der Waals surface area contributed by atoms with Crippen molar-refractivity contribution in [1.82, 2.24) is 5.32 Å². The van der Waals surface area contributed by atoms with E-state index in [2.05, 4.69) is 28.2 Å². The molecule has 0 bridgehead atoms. The summed E-state index contributed by atoms with van der Waals surface area (Å²) in [4.78, 5) is 0. The Kier molecular flexibility index (Phi) is 3.78. The molecule has 1 heterocycles. The maximum absolute atomic E-state index is 8.48. The van der Waals surface area contributed by atoms with E-state index >= 15 is 0 Å². The first-order chi connectivity index (χ1) is 5.83. The topological polar surface area (TPSA) is 35.8 Å². The van der Waals surface area contributed by atoms with Gasteiger partial charge in [-0.1, -0.05) is 0 Å². The molecule has 1 aromatic rings. The number of nitrogens with zero attached hydrogens (tertiary/aromatic N) is 1. The third kappa shape index (κ3) is 3.04. The van der Waals surface area contributed by atoms with Gasteiger partial charge in [0.15, 0.2) is 0 Å². The third-order valence-corrected chi connectivity index (χ3v) is 2.37. The van der Waals surface area contributed by atoms with Crippen LogP contribution in [0.25, 0.3) is 0 Å². The summed E-state index contributed by atoms with van der Waals surface area (Å²) in [6.07, 6.45) is 1.01. The van der Waals surface area contributed by atoms with Gasteiger partial charge in [0.2, 0.25) is 0 Å². The first-order valence-corrected chi connectivity index (χ1v) is 4.91. The average Bonchev–Trinajstić information content (AvgIpc) is 2.57. The second-order valence-corrected chi connectivity index (χ2v) is 3.47. The minimum Gasteiger partial charge on any atom is -0.302 e. The van der Waals surface area contributed by atoms with Crippen LogP contribution in [0.3, 0.4) is 0 Å². The quantitative estimate of drug-likeness (QED) is 0.766. The van der Waals surface area contributed by atoms with E-state index in [0.29, 0.717) is 0 Å². The van der Waals surface area contributed by atoms with Gasteiger partial charge in [-0.25, -0.2) is 0 Å². The van der Waals surface area contributed by atoms with Crippen molar-refractivity contribution in [3.05, 3.63) is 22.4 Å². The summed E-state index contributed by atoms with van der Waals surface area (Å²) in [7, 11) is 0. The second kappa shape index (κ2) is 4.91. The van der Waals surface area contributed by atoms with Crippen LogP contribution in [0.2, 0.25) is 0 Å². The Balaban J connectivity index is 2.16. The predicted molar refractivity (Wildman–Crippen MR) is 51.1 cm³/mol. The van der Waals surface area contributed by atoms with Crippen LogP contribution >= 0.6 is 11.3 Å². The van der Waals surface area contributed by atoms with Crippen molar-refractivity contribution in [2.75, 3.05) is 6.54 Å². The van der Waals surface area contributed by atoms with E-state index in [0.717, 1.165) is 13.0 Å². The van der Waals surface area contributed by atoms with Crippen molar-refractivity contribution in [3.63, 3.8) is 0 Å². The summed E-state index contributed by atoms with van der Waals surface area (Å²) in [5, 5.41) is 15.8. The van der Waals surface area contributed by atoms with Gasteiger partial charge in [-0.2, -0.15) is 16.6 Å². The molecule has 12 heavy (non-hydrogen) atoms. The summed E-state index contributed by atoms with van der Waals surface area (Å²) in [6, 6.07) is 4.21. The lowest BCUT2D eigenvalue weighted by atomic mass is 10.2. The fourth-order valence-electron chi connectivity index (χ4n) is 0.914. The highest BCUT2D eigenvalue weighted by Gasteiger charge is 1.97. The van der Waals surface area contributed by atoms with Crippen LogP contribution in [0.5, 0.6) is 0 Å². The van der Waals surface area contributed by atoms with E-state index in [-0.39, 0.29) is 6.04 Å². The Bertz CT molecular complexity index is 248. The molecule has 64 valence electrons. The van der Waals surface area contributed by atoms with Crippen LogP contribution in [0.15, 0.2) is 16.8 Å². The molecule has 1 atom stereocenters. The largest absolute Gasteiger partial charge is 0.302 e. The van der Waals surface area contributed by atoms with Crippen LogP contribution in [0, 0.1) is 11.3 Å². The highest BCUT2D eigenvalue weighted by molar-refractivity contribution is 7.07. The molecule has 0 saturated carbocycles. The normalized spacial score (nSPS) is 12.3. The van der Waals surface area contributed by atoms with Gasteiger partial charge in [0.25, 0.3) is 0 Å². The third-order valence-electron chi connectivity index (χ3n) is 1.64. The lowest BCUT2D eigenvalue weighted by Gasteiger charge is -2.03. The van der Waals surface area contributed by atoms with E-state index in [9.17, 15) is 0 Å². The number of nitrogens with one attached hydrogen (secondary N) is 1. The molecule has 0 fully saturated rings. The summed E-state index contributed by atoms with van der Waals surface area (Å²) < 4.78 is 0. The fourth-order valence-corrected chi connectivity index (χ4v) is 1.62. The van der Waals surface area contributed by atoms with Gasteiger partial charge in [-0.05, 0) is 35.7 Å². The first-order valence-electron chi connectivity index (χ1n) is 3.97. The smallest absolute Gasteiger partial charge is 0.0924 e. The number of rotatable bonds is 4. The molecule has 0 aliphatic carbocycles. The van der Waals surface area contributed by atoms with E-state index in [1.54, 1.807) is 11.3 Å². The lowest BCUT2D eigenvalue weighted by Crippen LogP contribution is -2.26. The van der Waals surface area contributed by atoms with E-state index in [1.807, 2.05) is 6.92 Å². The maximum Gasteiger partial charge on any atom is 0.0924 e. The van der Waals surface area contributed by atoms with Gasteiger partial charge >= 0.3 is 0 Å². The van der Waals surface area contributed by atoms with Crippen LogP contribution in [0.4, 0.5) is 0 Å². The molecule has 0 aliphatic heterocycles. The Morgan fingerprint density at radius 2 is 2.58 bits per heavy atom. The van der Waals surface area contributed by atoms with Crippen molar-refractivity contribution in [1.29, 1.82) is 5.26 Å². The predicted octanol–water partition coefficient (Wildman–Crippen LogP) is 1.79. The highest BCUT2D eigenvalue weighted by atomic mass is 32.1. The van der Waals surface area contributed by atoms with Gasteiger partial charge in [0.1, 0.15) is 0 Å². The van der Waals surface area contributed by atoms with Gasteiger partial charge in [0.05, 0.1) is 12.1 Å². The van der Waals surface area contributed by atoms with Crippen LogP contribution < -0.4 is 5.32 Å². The van der Waals surface area contributed by atoms with Crippen molar-refractivity contribution in [2.24, 2.45) is 0 Å². The molecule has 1 aromatic heterocycles.